The Kier molecular flexibility index (Phi) is 14.3. The second-order valence-electron chi connectivity index (χ2n) is 14.0. The molecule has 14 heteroatoms. The highest BCUT2D eigenvalue weighted by molar-refractivity contribution is 5.97. The zero-order chi connectivity index (χ0) is 35.4. The molecule has 0 spiro atoms. The average Bonchev–Trinajstić information content (AvgIpc) is 3.69. The molecule has 1 aromatic rings. The lowest BCUT2D eigenvalue weighted by atomic mass is 9.87. The van der Waals surface area contributed by atoms with Crippen LogP contribution in [0.4, 0.5) is 0 Å². The topological polar surface area (TPSA) is 206 Å². The lowest BCUT2D eigenvalue weighted by Gasteiger charge is -2.31. The summed E-state index contributed by atoms with van der Waals surface area (Å²) in [6.45, 7) is 4.91. The van der Waals surface area contributed by atoms with E-state index in [-0.39, 0.29) is 18.4 Å². The van der Waals surface area contributed by atoms with Crippen molar-refractivity contribution in [2.45, 2.75) is 89.3 Å². The van der Waals surface area contributed by atoms with Gasteiger partial charge in [0.15, 0.2) is 0 Å². The van der Waals surface area contributed by atoms with Gasteiger partial charge in [-0.1, -0.05) is 39.3 Å². The van der Waals surface area contributed by atoms with Crippen LogP contribution in [0.3, 0.4) is 0 Å². The molecular formula is C34H52N6O8. The standard InChI is InChI=1S/C34H52N6O8/c1-34(2,3)24-12-10-22(11-13-24)31(45)37-18-29(43)35-17-28(42)36-19-30(44)38-25(32(46)39-26(20-41)33(47)48)7-5-6-14-40(4)27-16-21-8-9-23(27)15-21/h10-13,21,23,25-27,41H,5-9,14-20H2,1-4H3,(H,35,43)(H,36,42)(H,37,45)(H,38,44)(H,39,46)(H,47,48)/t21?,23?,25-,26-,27?/m0/s1. The molecule has 2 aliphatic rings. The number of aliphatic carboxylic acids is 1. The Hall–Kier alpha value is -4.04. The molecule has 7 N–H and O–H groups in total. The Bertz CT molecular complexity index is 1300. The van der Waals surface area contributed by atoms with Crippen molar-refractivity contribution < 1.29 is 39.0 Å². The number of carboxylic acid groups (broad SMARTS) is 1. The second-order valence-corrected chi connectivity index (χ2v) is 14.0. The Labute approximate surface area is 282 Å². The first-order valence-electron chi connectivity index (χ1n) is 16.7. The number of carbonyl (C=O) groups is 6. The maximum absolute atomic E-state index is 12.9. The number of hydrogen-bond donors (Lipinski definition) is 7. The summed E-state index contributed by atoms with van der Waals surface area (Å²) in [6.07, 6.45) is 6.70. The molecule has 0 aromatic heterocycles. The molecule has 14 nitrogen and oxygen atoms in total. The summed E-state index contributed by atoms with van der Waals surface area (Å²) < 4.78 is 0. The van der Waals surface area contributed by atoms with Crippen LogP contribution in [0.5, 0.6) is 0 Å². The first kappa shape index (κ1) is 38.4. The monoisotopic (exact) mass is 672 g/mol. The van der Waals surface area contributed by atoms with E-state index in [9.17, 15) is 39.0 Å². The number of amides is 5. The number of aliphatic hydroxyl groups excluding tert-OH is 1. The minimum absolute atomic E-state index is 0.0659. The maximum Gasteiger partial charge on any atom is 0.328 e. The van der Waals surface area contributed by atoms with Gasteiger partial charge in [0, 0.05) is 11.6 Å². The predicted octanol–water partition coefficient (Wildman–Crippen LogP) is 0.284. The number of rotatable bonds is 18. The zero-order valence-electron chi connectivity index (χ0n) is 28.5. The van der Waals surface area contributed by atoms with Gasteiger partial charge in [0.25, 0.3) is 5.91 Å². The highest BCUT2D eigenvalue weighted by atomic mass is 16.4. The third kappa shape index (κ3) is 11.9. The van der Waals surface area contributed by atoms with Crippen LogP contribution < -0.4 is 26.6 Å². The fourth-order valence-corrected chi connectivity index (χ4v) is 6.47. The number of unbranched alkanes of at least 4 members (excludes halogenated alkanes) is 1. The normalized spacial score (nSPS) is 19.7. The summed E-state index contributed by atoms with van der Waals surface area (Å²) in [5.74, 6) is -2.99. The minimum atomic E-state index is -1.53. The van der Waals surface area contributed by atoms with Gasteiger partial charge in [-0.05, 0) is 87.1 Å². The molecule has 2 aliphatic carbocycles. The van der Waals surface area contributed by atoms with Crippen molar-refractivity contribution in [2.24, 2.45) is 11.8 Å². The molecule has 2 bridgehead atoms. The first-order chi connectivity index (χ1) is 22.7. The van der Waals surface area contributed by atoms with Crippen LogP contribution in [0.2, 0.25) is 0 Å². The summed E-state index contributed by atoms with van der Waals surface area (Å²) in [4.78, 5) is 76.0. The number of nitrogens with one attached hydrogen (secondary N) is 5. The van der Waals surface area contributed by atoms with Crippen molar-refractivity contribution in [1.29, 1.82) is 0 Å². The van der Waals surface area contributed by atoms with Crippen molar-refractivity contribution in [3.8, 4) is 0 Å². The number of fused-ring (bicyclic) bond motifs is 2. The average molecular weight is 673 g/mol. The number of benzene rings is 1. The van der Waals surface area contributed by atoms with E-state index >= 15 is 0 Å². The van der Waals surface area contributed by atoms with Gasteiger partial charge in [0.1, 0.15) is 12.1 Å². The third-order valence-corrected chi connectivity index (χ3v) is 9.28. The zero-order valence-corrected chi connectivity index (χ0v) is 28.5. The van der Waals surface area contributed by atoms with E-state index in [2.05, 4.69) is 59.3 Å². The van der Waals surface area contributed by atoms with Gasteiger partial charge in [-0.3, -0.25) is 24.0 Å². The predicted molar refractivity (Wildman–Crippen MR) is 178 cm³/mol. The summed E-state index contributed by atoms with van der Waals surface area (Å²) >= 11 is 0. The van der Waals surface area contributed by atoms with Crippen molar-refractivity contribution in [3.63, 3.8) is 0 Å². The molecule has 5 amide bonds. The molecule has 2 fully saturated rings. The van der Waals surface area contributed by atoms with E-state index in [1.807, 2.05) is 12.1 Å². The van der Waals surface area contributed by atoms with Crippen molar-refractivity contribution >= 4 is 35.5 Å². The van der Waals surface area contributed by atoms with Crippen LogP contribution >= 0.6 is 0 Å². The largest absolute Gasteiger partial charge is 0.480 e. The smallest absolute Gasteiger partial charge is 0.328 e. The Morgan fingerprint density at radius 3 is 2.00 bits per heavy atom. The highest BCUT2D eigenvalue weighted by Gasteiger charge is 2.41. The van der Waals surface area contributed by atoms with Crippen LogP contribution in [-0.4, -0.2) is 109 Å². The Balaban J connectivity index is 1.39. The van der Waals surface area contributed by atoms with Gasteiger partial charge in [0.2, 0.25) is 23.6 Å². The molecule has 2 saturated carbocycles. The van der Waals surface area contributed by atoms with Gasteiger partial charge in [-0.15, -0.1) is 0 Å². The summed E-state index contributed by atoms with van der Waals surface area (Å²) in [5, 5.41) is 30.6. The Morgan fingerprint density at radius 2 is 1.46 bits per heavy atom. The number of aliphatic hydroxyl groups is 1. The number of nitrogens with zero attached hydrogens (tertiary/aromatic N) is 1. The molecule has 1 aromatic carbocycles. The summed E-state index contributed by atoms with van der Waals surface area (Å²) in [6, 6.07) is 5.03. The van der Waals surface area contributed by atoms with Gasteiger partial charge in [-0.25, -0.2) is 4.79 Å². The van der Waals surface area contributed by atoms with E-state index in [4.69, 9.17) is 0 Å². The van der Waals surface area contributed by atoms with E-state index in [0.717, 1.165) is 30.4 Å². The quantitative estimate of drug-likeness (QED) is 0.107. The highest BCUT2D eigenvalue weighted by Crippen LogP contribution is 2.46. The molecule has 266 valence electrons. The van der Waals surface area contributed by atoms with Crippen LogP contribution in [0.15, 0.2) is 24.3 Å². The number of carbonyl (C=O) groups excluding carboxylic acids is 5. The van der Waals surface area contributed by atoms with Crippen LogP contribution in [0.25, 0.3) is 0 Å². The van der Waals surface area contributed by atoms with E-state index in [1.54, 1.807) is 12.1 Å². The molecular weight excluding hydrogens is 620 g/mol. The fraction of sp³-hybridized carbons (Fsp3) is 0.647. The molecule has 0 radical (unpaired) electrons. The molecule has 3 rings (SSSR count). The lowest BCUT2D eigenvalue weighted by Crippen LogP contribution is -2.54. The van der Waals surface area contributed by atoms with Crippen LogP contribution in [-0.2, 0) is 29.4 Å². The van der Waals surface area contributed by atoms with Crippen molar-refractivity contribution in [3.05, 3.63) is 35.4 Å². The number of hydrogen-bond acceptors (Lipinski definition) is 8. The molecule has 0 aliphatic heterocycles. The summed E-state index contributed by atoms with van der Waals surface area (Å²) in [5.41, 5.74) is 1.39. The van der Waals surface area contributed by atoms with Gasteiger partial charge >= 0.3 is 5.97 Å². The van der Waals surface area contributed by atoms with Crippen molar-refractivity contribution in [1.82, 2.24) is 31.5 Å². The maximum atomic E-state index is 12.9. The Morgan fingerprint density at radius 1 is 0.833 bits per heavy atom. The van der Waals surface area contributed by atoms with Gasteiger partial charge < -0.3 is 41.7 Å². The molecule has 3 unspecified atom stereocenters. The van der Waals surface area contributed by atoms with Crippen LogP contribution in [0.1, 0.15) is 81.6 Å². The second kappa shape index (κ2) is 17.9. The van der Waals surface area contributed by atoms with Crippen LogP contribution in [0, 0.1) is 11.8 Å². The minimum Gasteiger partial charge on any atom is -0.480 e. The first-order valence-corrected chi connectivity index (χ1v) is 16.7. The van der Waals surface area contributed by atoms with Gasteiger partial charge in [0.05, 0.1) is 26.2 Å². The SMILES string of the molecule is CN(CCCC[C@H](NC(=O)CNC(=O)CNC(=O)CNC(=O)c1ccc(C(C)(C)C)cc1)C(=O)N[C@@H](CO)C(=O)O)C1CC2CCC1C2. The lowest BCUT2D eigenvalue weighted by molar-refractivity contribution is -0.143. The molecule has 0 saturated heterocycles. The molecule has 48 heavy (non-hydrogen) atoms. The van der Waals surface area contributed by atoms with E-state index in [1.165, 1.54) is 25.7 Å². The number of carboxylic acids is 1. The summed E-state index contributed by atoms with van der Waals surface area (Å²) in [7, 11) is 2.12. The fourth-order valence-electron chi connectivity index (χ4n) is 6.47. The van der Waals surface area contributed by atoms with E-state index < -0.39 is 67.3 Å². The van der Waals surface area contributed by atoms with Gasteiger partial charge in [-0.2, -0.15) is 0 Å². The van der Waals surface area contributed by atoms with Crippen molar-refractivity contribution in [2.75, 3.05) is 39.8 Å². The molecule has 5 atom stereocenters. The van der Waals surface area contributed by atoms with E-state index in [0.29, 0.717) is 18.0 Å². The third-order valence-electron chi connectivity index (χ3n) is 9.28. The molecule has 0 heterocycles.